The summed E-state index contributed by atoms with van der Waals surface area (Å²) >= 11 is 9.08. The van der Waals surface area contributed by atoms with Crippen LogP contribution in [0.3, 0.4) is 0 Å². The minimum Gasteiger partial charge on any atom is -0.368 e. The van der Waals surface area contributed by atoms with E-state index in [-0.39, 0.29) is 5.88 Å². The highest BCUT2D eigenvalue weighted by Crippen LogP contribution is 2.29. The van der Waals surface area contributed by atoms with Gasteiger partial charge in [-0.2, -0.15) is 0 Å². The maximum atomic E-state index is 5.75. The summed E-state index contributed by atoms with van der Waals surface area (Å²) in [4.78, 5) is 3.90. The average Bonchev–Trinajstić information content (AvgIpc) is 2.56. The third kappa shape index (κ3) is 1.73. The summed E-state index contributed by atoms with van der Waals surface area (Å²) in [5.41, 5.74) is 6.83. The molecule has 0 radical (unpaired) electrons. The van der Waals surface area contributed by atoms with Crippen LogP contribution in [0.2, 0.25) is 5.15 Å². The highest BCUT2D eigenvalue weighted by atomic mass is 79.9. The van der Waals surface area contributed by atoms with Gasteiger partial charge in [0.15, 0.2) is 0 Å². The van der Waals surface area contributed by atoms with Gasteiger partial charge in [-0.25, -0.2) is 4.98 Å². The predicted octanol–water partition coefficient (Wildman–Crippen LogP) is 2.73. The van der Waals surface area contributed by atoms with Crippen molar-refractivity contribution in [3.8, 4) is 11.3 Å². The van der Waals surface area contributed by atoms with E-state index in [1.165, 1.54) is 0 Å². The number of hydrogen-bond donors (Lipinski definition) is 1. The molecule has 0 fully saturated rings. The fraction of sp³-hybridized carbons (Fsp3) is 0. The highest BCUT2D eigenvalue weighted by Gasteiger charge is 2.09. The SMILES string of the molecule is Nc1cc(-c2cc(Cl)ncc2Br)no1. The topological polar surface area (TPSA) is 64.9 Å². The van der Waals surface area contributed by atoms with Crippen molar-refractivity contribution < 1.29 is 4.52 Å². The molecule has 2 heterocycles. The van der Waals surface area contributed by atoms with Crippen molar-refractivity contribution >= 4 is 33.4 Å². The molecule has 0 amide bonds. The minimum absolute atomic E-state index is 0.264. The van der Waals surface area contributed by atoms with Crippen molar-refractivity contribution in [2.75, 3.05) is 5.73 Å². The molecule has 0 spiro atoms. The molecule has 2 aromatic rings. The molecule has 0 unspecified atom stereocenters. The van der Waals surface area contributed by atoms with E-state index >= 15 is 0 Å². The first-order valence-electron chi connectivity index (χ1n) is 3.70. The van der Waals surface area contributed by atoms with Crippen molar-refractivity contribution in [3.05, 3.63) is 28.0 Å². The van der Waals surface area contributed by atoms with Crippen LogP contribution in [0.4, 0.5) is 5.88 Å². The van der Waals surface area contributed by atoms with Gasteiger partial charge in [-0.3, -0.25) is 0 Å². The number of nitrogens with two attached hydrogens (primary N) is 1. The van der Waals surface area contributed by atoms with Gasteiger partial charge in [0.2, 0.25) is 5.88 Å². The lowest BCUT2D eigenvalue weighted by atomic mass is 10.2. The van der Waals surface area contributed by atoms with Crippen LogP contribution >= 0.6 is 27.5 Å². The number of halogens is 2. The molecule has 2 rings (SSSR count). The summed E-state index contributed by atoms with van der Waals surface area (Å²) < 4.78 is 5.54. The monoisotopic (exact) mass is 273 g/mol. The van der Waals surface area contributed by atoms with E-state index in [9.17, 15) is 0 Å². The lowest BCUT2D eigenvalue weighted by molar-refractivity contribution is 0.439. The molecular weight excluding hydrogens is 269 g/mol. The third-order valence-electron chi connectivity index (χ3n) is 1.63. The summed E-state index contributed by atoms with van der Waals surface area (Å²) in [6.45, 7) is 0. The second kappa shape index (κ2) is 3.59. The van der Waals surface area contributed by atoms with Crippen LogP contribution in [-0.4, -0.2) is 10.1 Å². The van der Waals surface area contributed by atoms with Crippen LogP contribution in [0, 0.1) is 0 Å². The molecule has 14 heavy (non-hydrogen) atoms. The van der Waals surface area contributed by atoms with E-state index in [4.69, 9.17) is 21.9 Å². The summed E-state index contributed by atoms with van der Waals surface area (Å²) in [7, 11) is 0. The number of pyridine rings is 1. The molecule has 72 valence electrons. The van der Waals surface area contributed by atoms with Crippen LogP contribution in [0.1, 0.15) is 0 Å². The fourth-order valence-electron chi connectivity index (χ4n) is 1.03. The summed E-state index contributed by atoms with van der Waals surface area (Å²) in [5.74, 6) is 0.264. The number of aromatic nitrogens is 2. The Labute approximate surface area is 93.2 Å². The summed E-state index contributed by atoms with van der Waals surface area (Å²) in [6, 6.07) is 3.30. The van der Waals surface area contributed by atoms with E-state index in [0.717, 1.165) is 10.0 Å². The highest BCUT2D eigenvalue weighted by molar-refractivity contribution is 9.10. The van der Waals surface area contributed by atoms with Crippen molar-refractivity contribution in [1.82, 2.24) is 10.1 Å². The van der Waals surface area contributed by atoms with Crippen LogP contribution < -0.4 is 5.73 Å². The molecule has 2 N–H and O–H groups in total. The first-order valence-corrected chi connectivity index (χ1v) is 4.87. The maximum absolute atomic E-state index is 5.75. The molecule has 0 saturated carbocycles. The van der Waals surface area contributed by atoms with Crippen LogP contribution in [0.5, 0.6) is 0 Å². The molecule has 4 nitrogen and oxygen atoms in total. The molecule has 0 aliphatic carbocycles. The van der Waals surface area contributed by atoms with Crippen molar-refractivity contribution in [1.29, 1.82) is 0 Å². The van der Waals surface area contributed by atoms with Crippen molar-refractivity contribution in [2.45, 2.75) is 0 Å². The zero-order valence-electron chi connectivity index (χ0n) is 6.87. The van der Waals surface area contributed by atoms with Gasteiger partial charge < -0.3 is 10.3 Å². The Morgan fingerprint density at radius 3 is 2.86 bits per heavy atom. The summed E-state index contributed by atoms with van der Waals surface area (Å²) in [6.07, 6.45) is 1.60. The lowest BCUT2D eigenvalue weighted by Gasteiger charge is -1.98. The van der Waals surface area contributed by atoms with Crippen molar-refractivity contribution in [3.63, 3.8) is 0 Å². The van der Waals surface area contributed by atoms with Crippen molar-refractivity contribution in [2.24, 2.45) is 0 Å². The van der Waals surface area contributed by atoms with Gasteiger partial charge >= 0.3 is 0 Å². The average molecular weight is 275 g/mol. The van der Waals surface area contributed by atoms with Crippen LogP contribution in [-0.2, 0) is 0 Å². The minimum atomic E-state index is 0.264. The zero-order chi connectivity index (χ0) is 10.1. The number of nitrogens with zero attached hydrogens (tertiary/aromatic N) is 2. The molecule has 6 heteroatoms. The Kier molecular flexibility index (Phi) is 2.43. The van der Waals surface area contributed by atoms with Gasteiger partial charge in [-0.05, 0) is 22.0 Å². The molecule has 0 bridgehead atoms. The first kappa shape index (κ1) is 9.48. The molecule has 2 aromatic heterocycles. The number of nitrogen functional groups attached to an aromatic ring is 1. The summed E-state index contributed by atoms with van der Waals surface area (Å²) in [5, 5.41) is 4.16. The normalized spacial score (nSPS) is 10.4. The van der Waals surface area contributed by atoms with Gasteiger partial charge in [-0.1, -0.05) is 16.8 Å². The number of hydrogen-bond acceptors (Lipinski definition) is 4. The Morgan fingerprint density at radius 2 is 2.21 bits per heavy atom. The Morgan fingerprint density at radius 1 is 1.43 bits per heavy atom. The molecular formula is C8H5BrClN3O. The van der Waals surface area contributed by atoms with Crippen LogP contribution in [0.25, 0.3) is 11.3 Å². The third-order valence-corrected chi connectivity index (χ3v) is 2.46. The Hall–Kier alpha value is -1.07. The maximum Gasteiger partial charge on any atom is 0.222 e. The van der Waals surface area contributed by atoms with Gasteiger partial charge in [0.25, 0.3) is 0 Å². The number of rotatable bonds is 1. The molecule has 0 saturated heterocycles. The van der Waals surface area contributed by atoms with Gasteiger partial charge in [0.1, 0.15) is 10.8 Å². The van der Waals surface area contributed by atoms with E-state index < -0.39 is 0 Å². The largest absolute Gasteiger partial charge is 0.368 e. The van der Waals surface area contributed by atoms with Gasteiger partial charge in [0.05, 0.1) is 0 Å². The second-order valence-corrected chi connectivity index (χ2v) is 3.84. The van der Waals surface area contributed by atoms with E-state index in [0.29, 0.717) is 10.8 Å². The lowest BCUT2D eigenvalue weighted by Crippen LogP contribution is -1.82. The smallest absolute Gasteiger partial charge is 0.222 e. The van der Waals surface area contributed by atoms with E-state index in [2.05, 4.69) is 26.1 Å². The Bertz CT molecular complexity index is 471. The second-order valence-electron chi connectivity index (χ2n) is 2.60. The Balaban J connectivity index is 2.55. The quantitative estimate of drug-likeness (QED) is 0.812. The van der Waals surface area contributed by atoms with Crippen LogP contribution in [0.15, 0.2) is 27.3 Å². The van der Waals surface area contributed by atoms with E-state index in [1.807, 2.05) is 0 Å². The van der Waals surface area contributed by atoms with Gasteiger partial charge in [0, 0.05) is 22.3 Å². The molecule has 0 aliphatic heterocycles. The predicted molar refractivity (Wildman–Crippen MR) is 56.9 cm³/mol. The molecule has 0 aliphatic rings. The van der Waals surface area contributed by atoms with Gasteiger partial charge in [-0.15, -0.1) is 0 Å². The standard InChI is InChI=1S/C8H5BrClN3O/c9-5-3-12-7(10)1-4(5)6-2-8(11)14-13-6/h1-3H,11H2. The molecule has 0 atom stereocenters. The zero-order valence-corrected chi connectivity index (χ0v) is 9.21. The number of anilines is 1. The van der Waals surface area contributed by atoms with E-state index in [1.54, 1.807) is 18.3 Å². The first-order chi connectivity index (χ1) is 6.66. The molecule has 0 aromatic carbocycles. The fourth-order valence-corrected chi connectivity index (χ4v) is 1.60.